The maximum absolute atomic E-state index is 11.9. The Hall–Kier alpha value is -3.54. The fourth-order valence-electron chi connectivity index (χ4n) is 2.42. The molecule has 0 heterocycles. The fourth-order valence-corrected chi connectivity index (χ4v) is 2.42. The minimum Gasteiger partial charge on any atom is -0.478 e. The van der Waals surface area contributed by atoms with Crippen LogP contribution in [0.5, 0.6) is 0 Å². The number of hydrogen-bond donors (Lipinski definition) is 7. The molecule has 0 aromatic heterocycles. The molecule has 0 aliphatic heterocycles. The van der Waals surface area contributed by atoms with Gasteiger partial charge < -0.3 is 5.11 Å². The molecule has 0 unspecified atom stereocenters. The van der Waals surface area contributed by atoms with Gasteiger partial charge in [-0.1, -0.05) is 0 Å². The number of carboxylic acid groups (broad SMARTS) is 1. The van der Waals surface area contributed by atoms with Crippen LogP contribution in [0.2, 0.25) is 0 Å². The van der Waals surface area contributed by atoms with E-state index in [1.54, 1.807) is 0 Å². The molecule has 0 saturated heterocycles. The summed E-state index contributed by atoms with van der Waals surface area (Å²) in [5, 5.41) is 35.2. The largest absolute Gasteiger partial charge is 0.478 e. The van der Waals surface area contributed by atoms with E-state index in [2.05, 4.69) is 0 Å². The highest BCUT2D eigenvalue weighted by Crippen LogP contribution is 2.30. The second-order valence-corrected chi connectivity index (χ2v) is 4.70. The molecule has 2 aromatic carbocycles. The molecule has 0 atom stereocenters. The van der Waals surface area contributed by atoms with Gasteiger partial charge in [-0.15, -0.1) is 0 Å². The van der Waals surface area contributed by atoms with Gasteiger partial charge in [-0.25, -0.2) is 21.2 Å². The van der Waals surface area contributed by atoms with E-state index in [0.29, 0.717) is 0 Å². The Bertz CT molecular complexity index is 886. The molecule has 11 heteroatoms. The molecule has 0 fully saturated rings. The molecule has 2 aromatic rings. The lowest BCUT2D eigenvalue weighted by Gasteiger charge is -2.14. The summed E-state index contributed by atoms with van der Waals surface area (Å²) in [7, 11) is 0. The van der Waals surface area contributed by atoms with Crippen LogP contribution in [0, 0.1) is 0 Å². The van der Waals surface area contributed by atoms with Gasteiger partial charge >= 0.3 is 5.97 Å². The normalized spacial score (nSPS) is 10.2. The fraction of sp³-hybridized carbons (Fsp3) is 0. The van der Waals surface area contributed by atoms with Gasteiger partial charge in [-0.05, 0) is 24.3 Å². The van der Waals surface area contributed by atoms with E-state index in [1.807, 2.05) is 0 Å². The number of carbonyl (C=O) groups excluding carboxylic acids is 3. The number of fused-ring (bicyclic) bond motifs is 1. The summed E-state index contributed by atoms with van der Waals surface area (Å²) < 4.78 is 0. The van der Waals surface area contributed by atoms with E-state index in [0.717, 1.165) is 24.3 Å². The van der Waals surface area contributed by atoms with E-state index < -0.39 is 29.3 Å². The smallest absolute Gasteiger partial charge is 0.336 e. The van der Waals surface area contributed by atoms with Crippen LogP contribution < -0.4 is 16.4 Å². The first-order valence-corrected chi connectivity index (χ1v) is 6.53. The molecule has 2 rings (SSSR count). The van der Waals surface area contributed by atoms with Gasteiger partial charge in [0.05, 0.1) is 22.3 Å². The summed E-state index contributed by atoms with van der Waals surface area (Å²) in [4.78, 5) is 47.1. The van der Waals surface area contributed by atoms with Crippen molar-refractivity contribution >= 4 is 34.5 Å². The lowest BCUT2D eigenvalue weighted by Crippen LogP contribution is -2.25. The van der Waals surface area contributed by atoms with Crippen LogP contribution in [0.25, 0.3) is 10.8 Å². The van der Waals surface area contributed by atoms with Gasteiger partial charge in [-0.3, -0.25) is 30.0 Å². The third-order valence-electron chi connectivity index (χ3n) is 3.43. The highest BCUT2D eigenvalue weighted by molar-refractivity contribution is 6.23. The molecule has 3 amide bonds. The van der Waals surface area contributed by atoms with Gasteiger partial charge in [0.2, 0.25) is 0 Å². The molecule has 130 valence electrons. The predicted molar refractivity (Wildman–Crippen MR) is 78.7 cm³/mol. The number of carboxylic acids is 1. The Morgan fingerprint density at radius 3 is 1.16 bits per heavy atom. The van der Waals surface area contributed by atoms with Crippen LogP contribution >= 0.6 is 0 Å². The van der Waals surface area contributed by atoms with Crippen LogP contribution in [0.4, 0.5) is 0 Å². The van der Waals surface area contributed by atoms with Gasteiger partial charge in [0.1, 0.15) is 0 Å². The van der Waals surface area contributed by atoms with Crippen LogP contribution in [0.1, 0.15) is 41.4 Å². The van der Waals surface area contributed by atoms with Crippen molar-refractivity contribution in [2.24, 2.45) is 0 Å². The summed E-state index contributed by atoms with van der Waals surface area (Å²) >= 11 is 0. The standard InChI is InChI=1S/C14H11N3O8/c18-11(15-23)5-1-2-7(13(20)17-25)10-8(14(21)22)4-3-6(9(5)10)12(19)16-24/h1-4,23-25H,(H,15,18)(H,16,19)(H,17,20)(H,21,22). The number of benzene rings is 2. The first-order chi connectivity index (χ1) is 11.9. The molecule has 11 nitrogen and oxygen atoms in total. The molecule has 0 radical (unpaired) electrons. The number of amides is 3. The van der Waals surface area contributed by atoms with Crippen molar-refractivity contribution in [3.63, 3.8) is 0 Å². The summed E-state index contributed by atoms with van der Waals surface area (Å²) in [5.74, 6) is -4.74. The first kappa shape index (κ1) is 17.8. The van der Waals surface area contributed by atoms with Crippen molar-refractivity contribution in [2.45, 2.75) is 0 Å². The van der Waals surface area contributed by atoms with Gasteiger partial charge in [0.15, 0.2) is 0 Å². The zero-order chi connectivity index (χ0) is 18.7. The number of rotatable bonds is 4. The van der Waals surface area contributed by atoms with Crippen LogP contribution in [0.15, 0.2) is 24.3 Å². The molecular weight excluding hydrogens is 338 g/mol. The minimum atomic E-state index is -1.48. The highest BCUT2D eigenvalue weighted by Gasteiger charge is 2.25. The Morgan fingerprint density at radius 1 is 0.600 bits per heavy atom. The maximum Gasteiger partial charge on any atom is 0.336 e. The van der Waals surface area contributed by atoms with Crippen LogP contribution in [-0.4, -0.2) is 44.4 Å². The van der Waals surface area contributed by atoms with E-state index in [4.69, 9.17) is 15.6 Å². The lowest BCUT2D eigenvalue weighted by atomic mass is 9.91. The monoisotopic (exact) mass is 349 g/mol. The predicted octanol–water partition coefficient (Wildman–Crippen LogP) is -0.105. The first-order valence-electron chi connectivity index (χ1n) is 6.53. The average molecular weight is 349 g/mol. The second-order valence-electron chi connectivity index (χ2n) is 4.70. The summed E-state index contributed by atoms with van der Waals surface area (Å²) in [6.45, 7) is 0. The third-order valence-corrected chi connectivity index (χ3v) is 3.43. The van der Waals surface area contributed by atoms with Gasteiger partial charge in [0, 0.05) is 10.8 Å². The molecule has 0 saturated carbocycles. The minimum absolute atomic E-state index is 0.320. The number of hydrogen-bond acceptors (Lipinski definition) is 7. The molecular formula is C14H11N3O8. The van der Waals surface area contributed by atoms with Crippen molar-refractivity contribution in [1.82, 2.24) is 16.4 Å². The number of nitrogens with one attached hydrogen (secondary N) is 3. The zero-order valence-corrected chi connectivity index (χ0v) is 12.2. The summed E-state index contributed by atoms with van der Waals surface area (Å²) in [6.07, 6.45) is 0. The Kier molecular flexibility index (Phi) is 4.93. The Morgan fingerprint density at radius 2 is 0.880 bits per heavy atom. The van der Waals surface area contributed by atoms with Gasteiger partial charge in [-0.2, -0.15) is 0 Å². The molecule has 0 aliphatic rings. The van der Waals surface area contributed by atoms with E-state index in [9.17, 15) is 24.3 Å². The zero-order valence-electron chi connectivity index (χ0n) is 12.2. The topological polar surface area (TPSA) is 185 Å². The molecule has 0 bridgehead atoms. The Labute approximate surface area is 138 Å². The van der Waals surface area contributed by atoms with E-state index in [-0.39, 0.29) is 27.5 Å². The van der Waals surface area contributed by atoms with Crippen molar-refractivity contribution in [2.75, 3.05) is 0 Å². The van der Waals surface area contributed by atoms with Crippen LogP contribution in [-0.2, 0) is 0 Å². The third kappa shape index (κ3) is 2.97. The van der Waals surface area contributed by atoms with Crippen LogP contribution in [0.3, 0.4) is 0 Å². The highest BCUT2D eigenvalue weighted by atomic mass is 16.5. The summed E-state index contributed by atoms with van der Waals surface area (Å²) in [5.41, 5.74) is 2.53. The molecule has 0 spiro atoms. The lowest BCUT2D eigenvalue weighted by molar-refractivity contribution is 0.0687. The van der Waals surface area contributed by atoms with E-state index in [1.165, 1.54) is 16.4 Å². The average Bonchev–Trinajstić information content (AvgIpc) is 2.63. The van der Waals surface area contributed by atoms with Crippen molar-refractivity contribution in [3.05, 3.63) is 46.5 Å². The molecule has 7 N–H and O–H groups in total. The number of carbonyl (C=O) groups is 4. The summed E-state index contributed by atoms with van der Waals surface area (Å²) in [6, 6.07) is 4.08. The number of hydroxylamine groups is 3. The number of aromatic carboxylic acids is 1. The van der Waals surface area contributed by atoms with Crippen molar-refractivity contribution < 1.29 is 39.9 Å². The molecule has 0 aliphatic carbocycles. The van der Waals surface area contributed by atoms with Gasteiger partial charge in [0.25, 0.3) is 17.7 Å². The van der Waals surface area contributed by atoms with Crippen molar-refractivity contribution in [1.29, 1.82) is 0 Å². The SMILES string of the molecule is O=C(O)c1ccc(C(=O)NO)c2c(C(=O)NO)ccc(C(=O)NO)c12. The molecule has 25 heavy (non-hydrogen) atoms. The quantitative estimate of drug-likeness (QED) is 0.294. The van der Waals surface area contributed by atoms with E-state index >= 15 is 0 Å². The van der Waals surface area contributed by atoms with Crippen molar-refractivity contribution in [3.8, 4) is 0 Å². The maximum atomic E-state index is 11.9. The Balaban J connectivity index is 3.10. The second kappa shape index (κ2) is 6.92.